The highest BCUT2D eigenvalue weighted by atomic mass is 16.5. The van der Waals surface area contributed by atoms with Gasteiger partial charge in [-0.05, 0) is 18.1 Å². The van der Waals surface area contributed by atoms with Crippen LogP contribution in [0.25, 0.3) is 0 Å². The minimum Gasteiger partial charge on any atom is -0.481 e. The normalized spacial score (nSPS) is 11.8. The Morgan fingerprint density at radius 2 is 1.86 bits per heavy atom. The van der Waals surface area contributed by atoms with E-state index in [9.17, 15) is 9.59 Å². The van der Waals surface area contributed by atoms with Crippen LogP contribution in [-0.4, -0.2) is 42.2 Å². The average molecular weight is 308 g/mol. The molecule has 1 atom stereocenters. The van der Waals surface area contributed by atoms with Crippen molar-refractivity contribution in [2.24, 2.45) is 5.92 Å². The third-order valence-electron chi connectivity index (χ3n) is 3.26. The molecule has 1 rings (SSSR count). The van der Waals surface area contributed by atoms with Crippen LogP contribution < -0.4 is 5.32 Å². The van der Waals surface area contributed by atoms with Gasteiger partial charge in [-0.2, -0.15) is 0 Å². The Balaban J connectivity index is 2.41. The Labute approximate surface area is 131 Å². The Morgan fingerprint density at radius 3 is 2.41 bits per heavy atom. The van der Waals surface area contributed by atoms with Crippen molar-refractivity contribution in [3.05, 3.63) is 35.4 Å². The average Bonchev–Trinajstić information content (AvgIpc) is 2.51. The summed E-state index contributed by atoms with van der Waals surface area (Å²) in [4.78, 5) is 24.0. The third kappa shape index (κ3) is 6.13. The predicted molar refractivity (Wildman–Crippen MR) is 83.4 cm³/mol. The molecular formula is C16H24N2O4. The number of benzene rings is 1. The van der Waals surface area contributed by atoms with Gasteiger partial charge in [0.25, 0.3) is 0 Å². The summed E-state index contributed by atoms with van der Waals surface area (Å²) in [5, 5.41) is 11.6. The molecule has 122 valence electrons. The fraction of sp³-hybridized carbons (Fsp3) is 0.500. The number of amides is 2. The van der Waals surface area contributed by atoms with Gasteiger partial charge in [0.05, 0.1) is 12.5 Å². The zero-order chi connectivity index (χ0) is 16.5. The number of hydrogen-bond acceptors (Lipinski definition) is 3. The molecule has 6 heteroatoms. The molecule has 0 bridgehead atoms. The van der Waals surface area contributed by atoms with E-state index in [4.69, 9.17) is 9.84 Å². The quantitative estimate of drug-likeness (QED) is 0.770. The zero-order valence-corrected chi connectivity index (χ0v) is 13.3. The molecular weight excluding hydrogens is 284 g/mol. The number of hydrogen-bond donors (Lipinski definition) is 2. The molecule has 0 spiro atoms. The third-order valence-corrected chi connectivity index (χ3v) is 3.26. The van der Waals surface area contributed by atoms with Crippen LogP contribution in [0.1, 0.15) is 25.0 Å². The molecule has 0 aromatic heterocycles. The van der Waals surface area contributed by atoms with Crippen molar-refractivity contribution in [1.29, 1.82) is 0 Å². The lowest BCUT2D eigenvalue weighted by Gasteiger charge is -2.20. The van der Waals surface area contributed by atoms with E-state index in [1.807, 2.05) is 31.2 Å². The lowest BCUT2D eigenvalue weighted by atomic mass is 10.1. The standard InChI is InChI=1S/C16H24N2O4/c1-4-22-11-14-7-5-13(6-8-14)9-17-16(21)18(3)10-12(2)15(19)20/h5-8,12H,4,9-11H2,1-3H3,(H,17,21)(H,19,20). The van der Waals surface area contributed by atoms with Gasteiger partial charge in [-0.15, -0.1) is 0 Å². The Kier molecular flexibility index (Phi) is 7.39. The summed E-state index contributed by atoms with van der Waals surface area (Å²) < 4.78 is 5.32. The van der Waals surface area contributed by atoms with Crippen LogP contribution in [0.4, 0.5) is 4.79 Å². The number of carboxylic acid groups (broad SMARTS) is 1. The largest absolute Gasteiger partial charge is 0.481 e. The number of nitrogens with one attached hydrogen (secondary N) is 1. The summed E-state index contributed by atoms with van der Waals surface area (Å²) in [6.45, 7) is 5.36. The van der Waals surface area contributed by atoms with Crippen LogP contribution in [0.5, 0.6) is 0 Å². The van der Waals surface area contributed by atoms with Crippen molar-refractivity contribution in [2.45, 2.75) is 27.0 Å². The SMILES string of the molecule is CCOCc1ccc(CNC(=O)N(C)CC(C)C(=O)O)cc1. The molecule has 1 unspecified atom stereocenters. The summed E-state index contributed by atoms with van der Waals surface area (Å²) >= 11 is 0. The molecule has 1 aromatic rings. The van der Waals surface area contributed by atoms with Gasteiger partial charge < -0.3 is 20.1 Å². The number of carbonyl (C=O) groups is 2. The van der Waals surface area contributed by atoms with Gasteiger partial charge >= 0.3 is 12.0 Å². The Bertz CT molecular complexity index is 487. The second-order valence-electron chi connectivity index (χ2n) is 5.23. The highest BCUT2D eigenvalue weighted by Gasteiger charge is 2.16. The van der Waals surface area contributed by atoms with Crippen LogP contribution in [0.3, 0.4) is 0 Å². The number of nitrogens with zero attached hydrogens (tertiary/aromatic N) is 1. The van der Waals surface area contributed by atoms with Gasteiger partial charge in [0.1, 0.15) is 0 Å². The smallest absolute Gasteiger partial charge is 0.317 e. The lowest BCUT2D eigenvalue weighted by Crippen LogP contribution is -2.40. The van der Waals surface area contributed by atoms with E-state index in [2.05, 4.69) is 5.32 Å². The second-order valence-corrected chi connectivity index (χ2v) is 5.23. The van der Waals surface area contributed by atoms with Crippen molar-refractivity contribution in [1.82, 2.24) is 10.2 Å². The first-order chi connectivity index (χ1) is 10.4. The summed E-state index contributed by atoms with van der Waals surface area (Å²) in [6, 6.07) is 7.52. The van der Waals surface area contributed by atoms with Gasteiger partial charge in [-0.25, -0.2) is 4.79 Å². The number of aliphatic carboxylic acids is 1. The molecule has 2 amide bonds. The fourth-order valence-electron chi connectivity index (χ4n) is 1.86. The maximum absolute atomic E-state index is 11.9. The van der Waals surface area contributed by atoms with Gasteiger partial charge in [-0.3, -0.25) is 4.79 Å². The number of ether oxygens (including phenoxy) is 1. The predicted octanol–water partition coefficient (Wildman–Crippen LogP) is 2.09. The van der Waals surface area contributed by atoms with Crippen LogP contribution in [-0.2, 0) is 22.7 Å². The molecule has 1 aromatic carbocycles. The second kappa shape index (κ2) is 9.04. The lowest BCUT2D eigenvalue weighted by molar-refractivity contribution is -0.141. The van der Waals surface area contributed by atoms with Crippen molar-refractivity contribution >= 4 is 12.0 Å². The molecule has 0 saturated heterocycles. The van der Waals surface area contributed by atoms with Crippen molar-refractivity contribution in [2.75, 3.05) is 20.2 Å². The Morgan fingerprint density at radius 1 is 1.27 bits per heavy atom. The van der Waals surface area contributed by atoms with Crippen LogP contribution in [0, 0.1) is 5.92 Å². The summed E-state index contributed by atoms with van der Waals surface area (Å²) in [5.74, 6) is -1.50. The maximum Gasteiger partial charge on any atom is 0.317 e. The monoisotopic (exact) mass is 308 g/mol. The van der Waals surface area contributed by atoms with E-state index in [0.29, 0.717) is 19.8 Å². The molecule has 0 heterocycles. The van der Waals surface area contributed by atoms with E-state index in [1.54, 1.807) is 14.0 Å². The molecule has 22 heavy (non-hydrogen) atoms. The summed E-state index contributed by atoms with van der Waals surface area (Å²) in [5.41, 5.74) is 2.07. The number of carboxylic acids is 1. The first-order valence-electron chi connectivity index (χ1n) is 7.31. The van der Waals surface area contributed by atoms with E-state index in [0.717, 1.165) is 11.1 Å². The molecule has 6 nitrogen and oxygen atoms in total. The van der Waals surface area contributed by atoms with E-state index < -0.39 is 11.9 Å². The van der Waals surface area contributed by atoms with Crippen molar-refractivity contribution in [3.63, 3.8) is 0 Å². The molecule has 0 aliphatic heterocycles. The molecule has 2 N–H and O–H groups in total. The minimum atomic E-state index is -0.912. The fourth-order valence-corrected chi connectivity index (χ4v) is 1.86. The van der Waals surface area contributed by atoms with Gasteiger partial charge in [0.15, 0.2) is 0 Å². The summed E-state index contributed by atoms with van der Waals surface area (Å²) in [7, 11) is 1.58. The molecule has 0 aliphatic rings. The number of rotatable bonds is 8. The molecule has 0 saturated carbocycles. The van der Waals surface area contributed by atoms with E-state index >= 15 is 0 Å². The molecule has 0 fully saturated rings. The van der Waals surface area contributed by atoms with Gasteiger partial charge in [-0.1, -0.05) is 31.2 Å². The first kappa shape index (κ1) is 18.0. The Hall–Kier alpha value is -2.08. The molecule has 0 radical (unpaired) electrons. The van der Waals surface area contributed by atoms with Crippen LogP contribution in [0.15, 0.2) is 24.3 Å². The molecule has 0 aliphatic carbocycles. The van der Waals surface area contributed by atoms with E-state index in [-0.39, 0.29) is 12.6 Å². The summed E-state index contributed by atoms with van der Waals surface area (Å²) in [6.07, 6.45) is 0. The highest BCUT2D eigenvalue weighted by molar-refractivity contribution is 5.75. The topological polar surface area (TPSA) is 78.9 Å². The van der Waals surface area contributed by atoms with Gasteiger partial charge in [0.2, 0.25) is 0 Å². The highest BCUT2D eigenvalue weighted by Crippen LogP contribution is 2.06. The van der Waals surface area contributed by atoms with Crippen LogP contribution in [0.2, 0.25) is 0 Å². The van der Waals surface area contributed by atoms with Crippen molar-refractivity contribution < 1.29 is 19.4 Å². The first-order valence-corrected chi connectivity index (χ1v) is 7.31. The minimum absolute atomic E-state index is 0.175. The van der Waals surface area contributed by atoms with Crippen molar-refractivity contribution in [3.8, 4) is 0 Å². The maximum atomic E-state index is 11.9. The zero-order valence-electron chi connectivity index (χ0n) is 13.3. The van der Waals surface area contributed by atoms with E-state index in [1.165, 1.54) is 4.90 Å². The van der Waals surface area contributed by atoms with Crippen LogP contribution >= 0.6 is 0 Å². The number of carbonyl (C=O) groups excluding carboxylic acids is 1. The number of urea groups is 1. The van der Waals surface area contributed by atoms with Gasteiger partial charge in [0, 0.05) is 26.7 Å².